The fourth-order valence-electron chi connectivity index (χ4n) is 2.35. The normalized spacial score (nSPS) is 13.9. The smallest absolute Gasteiger partial charge is 0.224 e. The van der Waals surface area contributed by atoms with Crippen LogP contribution >= 0.6 is 11.6 Å². The monoisotopic (exact) mass is 332 g/mol. The Kier molecular flexibility index (Phi) is 4.98. The Morgan fingerprint density at radius 3 is 2.78 bits per heavy atom. The molecule has 0 spiro atoms. The van der Waals surface area contributed by atoms with Crippen molar-refractivity contribution < 1.29 is 5.11 Å². The minimum atomic E-state index is 0.157. The van der Waals surface area contributed by atoms with Crippen molar-refractivity contribution in [1.82, 2.24) is 9.97 Å². The van der Waals surface area contributed by atoms with Crippen molar-refractivity contribution in [1.29, 1.82) is 0 Å². The molecular formula is C17H21ClN4O. The molecule has 2 aromatic rings. The SMILES string of the molecule is Cc1cc(Nc2cc(C3CC3)nc(NCCCO)n2)ccc1Cl. The first-order chi connectivity index (χ1) is 11.2. The molecule has 1 saturated carbocycles. The maximum atomic E-state index is 8.89. The summed E-state index contributed by atoms with van der Waals surface area (Å²) < 4.78 is 0. The first-order valence-corrected chi connectivity index (χ1v) is 8.30. The zero-order chi connectivity index (χ0) is 16.2. The predicted octanol–water partition coefficient (Wildman–Crippen LogP) is 3.85. The Hall–Kier alpha value is -1.85. The highest BCUT2D eigenvalue weighted by Crippen LogP contribution is 2.40. The van der Waals surface area contributed by atoms with Crippen molar-refractivity contribution in [3.63, 3.8) is 0 Å². The van der Waals surface area contributed by atoms with Gasteiger partial charge in [0.2, 0.25) is 5.95 Å². The van der Waals surface area contributed by atoms with E-state index in [1.165, 1.54) is 12.8 Å². The van der Waals surface area contributed by atoms with Crippen molar-refractivity contribution in [2.24, 2.45) is 0 Å². The first-order valence-electron chi connectivity index (χ1n) is 7.92. The van der Waals surface area contributed by atoms with Crippen molar-refractivity contribution in [2.45, 2.75) is 32.1 Å². The number of benzene rings is 1. The van der Waals surface area contributed by atoms with E-state index in [0.717, 1.165) is 27.8 Å². The molecular weight excluding hydrogens is 312 g/mol. The molecule has 1 aliphatic carbocycles. The molecule has 5 nitrogen and oxygen atoms in total. The maximum Gasteiger partial charge on any atom is 0.224 e. The topological polar surface area (TPSA) is 70.1 Å². The van der Waals surface area contributed by atoms with Crippen LogP contribution in [0.15, 0.2) is 24.3 Å². The van der Waals surface area contributed by atoms with Crippen molar-refractivity contribution in [3.05, 3.63) is 40.5 Å². The Morgan fingerprint density at radius 1 is 1.26 bits per heavy atom. The van der Waals surface area contributed by atoms with Gasteiger partial charge >= 0.3 is 0 Å². The molecule has 1 aliphatic rings. The van der Waals surface area contributed by atoms with Crippen molar-refractivity contribution in [2.75, 3.05) is 23.8 Å². The molecule has 3 N–H and O–H groups in total. The van der Waals surface area contributed by atoms with Crippen LogP contribution in [0.3, 0.4) is 0 Å². The van der Waals surface area contributed by atoms with Crippen LogP contribution < -0.4 is 10.6 Å². The van der Waals surface area contributed by atoms with Crippen molar-refractivity contribution in [3.8, 4) is 0 Å². The van der Waals surface area contributed by atoms with Gasteiger partial charge in [-0.25, -0.2) is 4.98 Å². The molecule has 1 aromatic heterocycles. The van der Waals surface area contributed by atoms with E-state index in [0.29, 0.717) is 24.8 Å². The van der Waals surface area contributed by atoms with Gasteiger partial charge in [-0.1, -0.05) is 11.6 Å². The van der Waals surface area contributed by atoms with Gasteiger partial charge in [-0.2, -0.15) is 4.98 Å². The average molecular weight is 333 g/mol. The van der Waals surface area contributed by atoms with Gasteiger partial charge in [0.1, 0.15) is 5.82 Å². The highest BCUT2D eigenvalue weighted by atomic mass is 35.5. The van der Waals surface area contributed by atoms with E-state index in [-0.39, 0.29) is 6.61 Å². The molecule has 0 amide bonds. The number of aromatic nitrogens is 2. The molecule has 1 fully saturated rings. The molecule has 0 radical (unpaired) electrons. The van der Waals surface area contributed by atoms with E-state index in [9.17, 15) is 0 Å². The lowest BCUT2D eigenvalue weighted by Gasteiger charge is -2.11. The molecule has 1 aromatic carbocycles. The number of rotatable bonds is 7. The number of halogens is 1. The van der Waals surface area contributed by atoms with Crippen LogP contribution in [0.4, 0.5) is 17.5 Å². The van der Waals surface area contributed by atoms with Crippen LogP contribution in [-0.2, 0) is 0 Å². The third kappa shape index (κ3) is 4.33. The molecule has 6 heteroatoms. The molecule has 0 saturated heterocycles. The highest BCUT2D eigenvalue weighted by Gasteiger charge is 2.26. The largest absolute Gasteiger partial charge is 0.396 e. The van der Waals surface area contributed by atoms with Gasteiger partial charge in [-0.15, -0.1) is 0 Å². The lowest BCUT2D eigenvalue weighted by atomic mass is 10.2. The lowest BCUT2D eigenvalue weighted by Crippen LogP contribution is -2.09. The molecule has 0 bridgehead atoms. The molecule has 0 atom stereocenters. The van der Waals surface area contributed by atoms with E-state index < -0.39 is 0 Å². The number of anilines is 3. The predicted molar refractivity (Wildman–Crippen MR) is 93.7 cm³/mol. The fraction of sp³-hybridized carbons (Fsp3) is 0.412. The second kappa shape index (κ2) is 7.15. The fourth-order valence-corrected chi connectivity index (χ4v) is 2.46. The van der Waals surface area contributed by atoms with Crippen molar-refractivity contribution >= 4 is 29.1 Å². The minimum absolute atomic E-state index is 0.157. The summed E-state index contributed by atoms with van der Waals surface area (Å²) in [6.45, 7) is 2.79. The number of hydrogen-bond acceptors (Lipinski definition) is 5. The molecule has 0 unspecified atom stereocenters. The quantitative estimate of drug-likeness (QED) is 0.672. The molecule has 1 heterocycles. The Labute approximate surface area is 141 Å². The lowest BCUT2D eigenvalue weighted by molar-refractivity contribution is 0.292. The summed E-state index contributed by atoms with van der Waals surface area (Å²) in [5.41, 5.74) is 3.04. The second-order valence-electron chi connectivity index (χ2n) is 5.87. The Morgan fingerprint density at radius 2 is 2.09 bits per heavy atom. The number of nitrogens with zero attached hydrogens (tertiary/aromatic N) is 2. The standard InChI is InChI=1S/C17H21ClN4O/c1-11-9-13(5-6-14(11)18)20-16-10-15(12-3-4-12)21-17(22-16)19-7-2-8-23/h5-6,9-10,12,23H,2-4,7-8H2,1H3,(H2,19,20,21,22). The zero-order valence-electron chi connectivity index (χ0n) is 13.1. The van der Waals surface area contributed by atoms with Crippen LogP contribution in [0.1, 0.15) is 36.4 Å². The van der Waals surface area contributed by atoms with Crippen LogP contribution in [0.2, 0.25) is 5.02 Å². The summed E-state index contributed by atoms with van der Waals surface area (Å²) in [5.74, 6) is 1.93. The summed E-state index contributed by atoms with van der Waals surface area (Å²) in [7, 11) is 0. The third-order valence-corrected chi connectivity index (χ3v) is 4.21. The Balaban J connectivity index is 1.80. The number of aliphatic hydroxyl groups is 1. The first kappa shape index (κ1) is 16.0. The Bertz CT molecular complexity index is 688. The van der Waals surface area contributed by atoms with E-state index in [1.807, 2.05) is 31.2 Å². The highest BCUT2D eigenvalue weighted by molar-refractivity contribution is 6.31. The second-order valence-corrected chi connectivity index (χ2v) is 6.28. The minimum Gasteiger partial charge on any atom is -0.396 e. The summed E-state index contributed by atoms with van der Waals surface area (Å²) in [6, 6.07) is 7.83. The van der Waals surface area contributed by atoms with Gasteiger partial charge in [0.15, 0.2) is 0 Å². The molecule has 3 rings (SSSR count). The van der Waals surface area contributed by atoms with E-state index in [4.69, 9.17) is 16.7 Å². The number of hydrogen-bond donors (Lipinski definition) is 3. The van der Waals surface area contributed by atoms with Gasteiger partial charge < -0.3 is 15.7 Å². The summed E-state index contributed by atoms with van der Waals surface area (Å²) in [4.78, 5) is 9.09. The van der Waals surface area contributed by atoms with Crippen LogP contribution in [0.5, 0.6) is 0 Å². The maximum absolute atomic E-state index is 8.89. The number of aryl methyl sites for hydroxylation is 1. The number of aliphatic hydroxyl groups excluding tert-OH is 1. The van der Waals surface area contributed by atoms with Gasteiger partial charge in [0.25, 0.3) is 0 Å². The van der Waals surface area contributed by atoms with Crippen LogP contribution in [0, 0.1) is 6.92 Å². The van der Waals surface area contributed by atoms with Crippen LogP contribution in [0.25, 0.3) is 0 Å². The van der Waals surface area contributed by atoms with E-state index >= 15 is 0 Å². The summed E-state index contributed by atoms with van der Waals surface area (Å²) in [6.07, 6.45) is 3.05. The number of nitrogens with one attached hydrogen (secondary N) is 2. The van der Waals surface area contributed by atoms with Gasteiger partial charge in [-0.05, 0) is 49.9 Å². The molecule has 122 valence electrons. The van der Waals surface area contributed by atoms with Gasteiger partial charge in [-0.3, -0.25) is 0 Å². The third-order valence-electron chi connectivity index (χ3n) is 3.79. The zero-order valence-corrected chi connectivity index (χ0v) is 13.9. The summed E-state index contributed by atoms with van der Waals surface area (Å²) in [5, 5.41) is 16.1. The van der Waals surface area contributed by atoms with Gasteiger partial charge in [0, 0.05) is 35.8 Å². The molecule has 23 heavy (non-hydrogen) atoms. The van der Waals surface area contributed by atoms with Gasteiger partial charge in [0.05, 0.1) is 5.69 Å². The van der Waals surface area contributed by atoms with E-state index in [2.05, 4.69) is 20.6 Å². The summed E-state index contributed by atoms with van der Waals surface area (Å²) >= 11 is 6.07. The van der Waals surface area contributed by atoms with E-state index in [1.54, 1.807) is 0 Å². The molecule has 0 aliphatic heterocycles. The van der Waals surface area contributed by atoms with Crippen LogP contribution in [-0.4, -0.2) is 28.2 Å². The average Bonchev–Trinajstić information content (AvgIpc) is 3.36.